The fourth-order valence-corrected chi connectivity index (χ4v) is 3.94. The molecule has 0 aliphatic heterocycles. The maximum absolute atomic E-state index is 2.56. The number of benzene rings is 1. The van der Waals surface area contributed by atoms with Gasteiger partial charge in [-0.3, -0.25) is 0 Å². The number of hydrogen-bond donors (Lipinski definition) is 0. The molecule has 1 aromatic rings. The van der Waals surface area contributed by atoms with E-state index in [0.717, 1.165) is 17.8 Å². The normalized spacial score (nSPS) is 26.8. The first kappa shape index (κ1) is 19.1. The van der Waals surface area contributed by atoms with Gasteiger partial charge in [0.2, 0.25) is 0 Å². The summed E-state index contributed by atoms with van der Waals surface area (Å²) in [4.78, 5) is 0. The van der Waals surface area contributed by atoms with E-state index in [9.17, 15) is 0 Å². The predicted molar refractivity (Wildman–Crippen MR) is 91.3 cm³/mol. The van der Waals surface area contributed by atoms with Crippen LogP contribution in [0.3, 0.4) is 0 Å². The SMILES string of the molecule is Cc1ccc(C2CCC(/C=C/C3CC[CH-]CC3)CC2)cc1.[Rb+]. The van der Waals surface area contributed by atoms with E-state index in [-0.39, 0.29) is 58.2 Å². The molecule has 0 radical (unpaired) electrons. The molecule has 0 bridgehead atoms. The smallest absolute Gasteiger partial charge is 0.328 e. The molecule has 3 rings (SSSR count). The summed E-state index contributed by atoms with van der Waals surface area (Å²) in [5, 5.41) is 0. The van der Waals surface area contributed by atoms with Gasteiger partial charge in [0.15, 0.2) is 0 Å². The molecule has 1 aromatic carbocycles. The molecule has 0 saturated heterocycles. The third-order valence-electron chi connectivity index (χ3n) is 5.46. The molecule has 114 valence electrons. The van der Waals surface area contributed by atoms with Crippen LogP contribution in [-0.2, 0) is 0 Å². The van der Waals surface area contributed by atoms with Crippen LogP contribution in [0.5, 0.6) is 0 Å². The van der Waals surface area contributed by atoms with Crippen LogP contribution in [0, 0.1) is 25.2 Å². The molecule has 0 unspecified atom stereocenters. The Balaban J connectivity index is 0.00000176. The summed E-state index contributed by atoms with van der Waals surface area (Å²) in [5.74, 6) is 2.52. The van der Waals surface area contributed by atoms with E-state index < -0.39 is 0 Å². The van der Waals surface area contributed by atoms with E-state index in [1.165, 1.54) is 56.9 Å². The summed E-state index contributed by atoms with van der Waals surface area (Å²) < 4.78 is 0. The number of aryl methyl sites for hydroxylation is 1. The summed E-state index contributed by atoms with van der Waals surface area (Å²) in [7, 11) is 0. The van der Waals surface area contributed by atoms with E-state index in [4.69, 9.17) is 0 Å². The molecule has 0 aromatic heterocycles. The van der Waals surface area contributed by atoms with Crippen LogP contribution in [0.4, 0.5) is 0 Å². The molecular weight excluding hydrogens is 338 g/mol. The van der Waals surface area contributed by atoms with Crippen molar-refractivity contribution in [3.63, 3.8) is 0 Å². The minimum atomic E-state index is 0. The van der Waals surface area contributed by atoms with Gasteiger partial charge in [0.1, 0.15) is 0 Å². The summed E-state index contributed by atoms with van der Waals surface area (Å²) in [6, 6.07) is 9.21. The molecular formula is C21H29Rb. The Morgan fingerprint density at radius 3 is 1.95 bits per heavy atom. The first-order chi connectivity index (χ1) is 10.3. The second kappa shape index (κ2) is 9.92. The molecule has 2 aliphatic carbocycles. The fourth-order valence-electron chi connectivity index (χ4n) is 3.94. The Morgan fingerprint density at radius 2 is 1.36 bits per heavy atom. The third kappa shape index (κ3) is 5.69. The van der Waals surface area contributed by atoms with E-state index in [1.807, 2.05) is 0 Å². The second-order valence-electron chi connectivity index (χ2n) is 7.11. The predicted octanol–water partition coefficient (Wildman–Crippen LogP) is 3.22. The van der Waals surface area contributed by atoms with Gasteiger partial charge in [-0.25, -0.2) is 0 Å². The largest absolute Gasteiger partial charge is 1.00 e. The molecule has 0 nitrogen and oxygen atoms in total. The summed E-state index contributed by atoms with van der Waals surface area (Å²) in [5.41, 5.74) is 2.94. The topological polar surface area (TPSA) is 0 Å². The average molecular weight is 367 g/mol. The molecule has 1 heteroatoms. The van der Waals surface area contributed by atoms with Crippen LogP contribution in [0.2, 0.25) is 0 Å². The zero-order valence-corrected chi connectivity index (χ0v) is 19.3. The van der Waals surface area contributed by atoms with Crippen LogP contribution in [-0.4, -0.2) is 0 Å². The van der Waals surface area contributed by atoms with Crippen molar-refractivity contribution in [2.75, 3.05) is 0 Å². The molecule has 0 atom stereocenters. The monoisotopic (exact) mass is 366 g/mol. The quantitative estimate of drug-likeness (QED) is 0.569. The molecule has 2 saturated carbocycles. The van der Waals surface area contributed by atoms with Crippen molar-refractivity contribution in [2.45, 2.75) is 64.2 Å². The second-order valence-corrected chi connectivity index (χ2v) is 7.11. The molecule has 0 amide bonds. The van der Waals surface area contributed by atoms with Crippen molar-refractivity contribution in [2.24, 2.45) is 11.8 Å². The summed E-state index contributed by atoms with van der Waals surface area (Å²) in [6.45, 7) is 2.18. The maximum atomic E-state index is 2.56. The van der Waals surface area contributed by atoms with Gasteiger partial charge in [-0.1, -0.05) is 54.8 Å². The third-order valence-corrected chi connectivity index (χ3v) is 5.46. The Labute approximate surface area is 185 Å². The minimum Gasteiger partial charge on any atom is -0.328 e. The molecule has 2 aliphatic rings. The zero-order chi connectivity index (χ0) is 14.5. The van der Waals surface area contributed by atoms with Crippen molar-refractivity contribution in [3.05, 3.63) is 54.0 Å². The van der Waals surface area contributed by atoms with Crippen molar-refractivity contribution < 1.29 is 58.2 Å². The van der Waals surface area contributed by atoms with E-state index in [1.54, 1.807) is 5.56 Å². The van der Waals surface area contributed by atoms with Crippen LogP contribution in [0.25, 0.3) is 0 Å². The Hall–Kier alpha value is 0.765. The first-order valence-electron chi connectivity index (χ1n) is 8.88. The minimum absolute atomic E-state index is 0. The van der Waals surface area contributed by atoms with Gasteiger partial charge >= 0.3 is 58.2 Å². The van der Waals surface area contributed by atoms with Gasteiger partial charge in [-0.15, -0.1) is 0 Å². The van der Waals surface area contributed by atoms with Gasteiger partial charge in [0.05, 0.1) is 0 Å². The van der Waals surface area contributed by atoms with Crippen LogP contribution < -0.4 is 58.2 Å². The maximum Gasteiger partial charge on any atom is 1.00 e. The zero-order valence-electron chi connectivity index (χ0n) is 14.4. The van der Waals surface area contributed by atoms with Crippen molar-refractivity contribution in [3.8, 4) is 0 Å². The van der Waals surface area contributed by atoms with Crippen molar-refractivity contribution in [1.29, 1.82) is 0 Å². The summed E-state index contributed by atoms with van der Waals surface area (Å²) in [6.07, 6.45) is 18.5. The van der Waals surface area contributed by atoms with Gasteiger partial charge in [0.25, 0.3) is 0 Å². The van der Waals surface area contributed by atoms with Gasteiger partial charge in [-0.2, -0.15) is 12.8 Å². The van der Waals surface area contributed by atoms with Gasteiger partial charge in [-0.05, 0) is 55.9 Å². The Bertz CT molecular complexity index is 445. The standard InChI is InChI=1S/C21H29.Rb/c1-17-7-13-20(14-8-17)21-15-11-19(12-16-21)10-9-18-5-3-2-4-6-18;/h2,7-10,13-14,18-19,21H,3-6,11-12,15-16H2,1H3;/q-1;+1/b10-9+;. The van der Waals surface area contributed by atoms with E-state index >= 15 is 0 Å². The van der Waals surface area contributed by atoms with Crippen LogP contribution in [0.1, 0.15) is 68.4 Å². The van der Waals surface area contributed by atoms with Crippen LogP contribution >= 0.6 is 0 Å². The molecule has 0 N–H and O–H groups in total. The average Bonchev–Trinajstić information content (AvgIpc) is 2.55. The van der Waals surface area contributed by atoms with E-state index in [0.29, 0.717) is 0 Å². The number of rotatable bonds is 3. The van der Waals surface area contributed by atoms with Crippen LogP contribution in [0.15, 0.2) is 36.4 Å². The molecule has 22 heavy (non-hydrogen) atoms. The summed E-state index contributed by atoms with van der Waals surface area (Å²) >= 11 is 0. The molecule has 0 heterocycles. The number of hydrogen-bond acceptors (Lipinski definition) is 0. The Morgan fingerprint density at radius 1 is 0.818 bits per heavy atom. The molecule has 2 fully saturated rings. The van der Waals surface area contributed by atoms with Crippen molar-refractivity contribution >= 4 is 0 Å². The van der Waals surface area contributed by atoms with E-state index in [2.05, 4.69) is 49.8 Å². The van der Waals surface area contributed by atoms with Crippen molar-refractivity contribution in [1.82, 2.24) is 0 Å². The number of allylic oxidation sites excluding steroid dienone is 2. The van der Waals surface area contributed by atoms with Gasteiger partial charge in [0, 0.05) is 0 Å². The fraction of sp³-hybridized carbons (Fsp3) is 0.571. The first-order valence-corrected chi connectivity index (χ1v) is 8.88. The van der Waals surface area contributed by atoms with Gasteiger partial charge < -0.3 is 6.42 Å². The Kier molecular flexibility index (Phi) is 8.61. The molecule has 0 spiro atoms.